The number of benzene rings is 1. The Bertz CT molecular complexity index is 353. The summed E-state index contributed by atoms with van der Waals surface area (Å²) in [7, 11) is 3.19. The highest BCUT2D eigenvalue weighted by Gasteiger charge is 2.14. The molecule has 1 aromatic rings. The van der Waals surface area contributed by atoms with Crippen molar-refractivity contribution in [2.24, 2.45) is 0 Å². The van der Waals surface area contributed by atoms with Crippen molar-refractivity contribution in [1.29, 1.82) is 0 Å². The first kappa shape index (κ1) is 13.8. The lowest BCUT2D eigenvalue weighted by Crippen LogP contribution is -2.28. The lowest BCUT2D eigenvalue weighted by atomic mass is 10.1. The van der Waals surface area contributed by atoms with E-state index in [0.717, 1.165) is 5.56 Å². The van der Waals surface area contributed by atoms with Gasteiger partial charge in [0.15, 0.2) is 0 Å². The molecule has 1 aromatic carbocycles. The summed E-state index contributed by atoms with van der Waals surface area (Å²) in [5.41, 5.74) is 0.736. The molecule has 1 rings (SSSR count). The molecule has 0 spiro atoms. The van der Waals surface area contributed by atoms with E-state index in [2.05, 4.69) is 5.32 Å². The van der Waals surface area contributed by atoms with Gasteiger partial charge in [-0.1, -0.05) is 13.8 Å². The first-order chi connectivity index (χ1) is 8.08. The van der Waals surface area contributed by atoms with Crippen LogP contribution in [0.4, 0.5) is 0 Å². The van der Waals surface area contributed by atoms with Crippen LogP contribution in [0.15, 0.2) is 18.2 Å². The van der Waals surface area contributed by atoms with Crippen LogP contribution in [0.25, 0.3) is 0 Å². The van der Waals surface area contributed by atoms with E-state index in [-0.39, 0.29) is 0 Å². The van der Waals surface area contributed by atoms with Crippen molar-refractivity contribution in [2.75, 3.05) is 20.8 Å². The SMILES string of the molecule is COc1ccc(OC)c([C@@H](O)CNC(C)C)c1. The van der Waals surface area contributed by atoms with E-state index in [4.69, 9.17) is 9.47 Å². The minimum absolute atomic E-state index is 0.334. The third-order valence-corrected chi connectivity index (χ3v) is 2.52. The van der Waals surface area contributed by atoms with Crippen LogP contribution in [0.1, 0.15) is 25.5 Å². The van der Waals surface area contributed by atoms with E-state index in [1.54, 1.807) is 26.4 Å². The Morgan fingerprint density at radius 3 is 2.47 bits per heavy atom. The molecule has 0 fully saturated rings. The Labute approximate surface area is 103 Å². The van der Waals surface area contributed by atoms with Crippen LogP contribution in [0.2, 0.25) is 0 Å². The topological polar surface area (TPSA) is 50.7 Å². The molecule has 0 saturated carbocycles. The number of hydrogen-bond donors (Lipinski definition) is 2. The van der Waals surface area contributed by atoms with E-state index < -0.39 is 6.10 Å². The fraction of sp³-hybridized carbons (Fsp3) is 0.538. The van der Waals surface area contributed by atoms with Crippen LogP contribution in [0.3, 0.4) is 0 Å². The fourth-order valence-corrected chi connectivity index (χ4v) is 1.56. The van der Waals surface area contributed by atoms with Crippen molar-refractivity contribution >= 4 is 0 Å². The molecule has 0 radical (unpaired) electrons. The lowest BCUT2D eigenvalue weighted by Gasteiger charge is -2.17. The first-order valence-electron chi connectivity index (χ1n) is 5.71. The standard InChI is InChI=1S/C13H21NO3/c1-9(2)14-8-12(15)11-7-10(16-3)5-6-13(11)17-4/h5-7,9,12,14-15H,8H2,1-4H3/t12-/m0/s1. The Morgan fingerprint density at radius 1 is 1.24 bits per heavy atom. The number of ether oxygens (including phenoxy) is 2. The molecule has 0 aliphatic carbocycles. The molecule has 0 bridgehead atoms. The number of methoxy groups -OCH3 is 2. The summed E-state index contributed by atoms with van der Waals surface area (Å²) in [6.45, 7) is 4.56. The number of rotatable bonds is 6. The van der Waals surface area contributed by atoms with Crippen molar-refractivity contribution in [3.8, 4) is 11.5 Å². The summed E-state index contributed by atoms with van der Waals surface area (Å²) in [5.74, 6) is 1.38. The molecule has 4 nitrogen and oxygen atoms in total. The summed E-state index contributed by atoms with van der Waals surface area (Å²) < 4.78 is 10.4. The molecule has 1 atom stereocenters. The van der Waals surface area contributed by atoms with Gasteiger partial charge in [0, 0.05) is 18.2 Å². The predicted octanol–water partition coefficient (Wildman–Crippen LogP) is 1.74. The maximum atomic E-state index is 10.1. The molecule has 0 unspecified atom stereocenters. The van der Waals surface area contributed by atoms with Crippen LogP contribution in [-0.4, -0.2) is 31.9 Å². The molecule has 0 saturated heterocycles. The van der Waals surface area contributed by atoms with Crippen LogP contribution in [-0.2, 0) is 0 Å². The van der Waals surface area contributed by atoms with Gasteiger partial charge in [0.05, 0.1) is 20.3 Å². The average molecular weight is 239 g/mol. The maximum Gasteiger partial charge on any atom is 0.124 e. The maximum absolute atomic E-state index is 10.1. The van der Waals surface area contributed by atoms with Crippen molar-refractivity contribution in [3.05, 3.63) is 23.8 Å². The number of aliphatic hydroxyl groups is 1. The third-order valence-electron chi connectivity index (χ3n) is 2.52. The summed E-state index contributed by atoms with van der Waals surface area (Å²) in [6.07, 6.45) is -0.609. The van der Waals surface area contributed by atoms with E-state index >= 15 is 0 Å². The lowest BCUT2D eigenvalue weighted by molar-refractivity contribution is 0.167. The van der Waals surface area contributed by atoms with E-state index in [9.17, 15) is 5.11 Å². The largest absolute Gasteiger partial charge is 0.497 e. The number of hydrogen-bond acceptors (Lipinski definition) is 4. The Morgan fingerprint density at radius 2 is 1.94 bits per heavy atom. The van der Waals surface area contributed by atoms with Gasteiger partial charge in [-0.05, 0) is 18.2 Å². The third kappa shape index (κ3) is 3.91. The predicted molar refractivity (Wildman–Crippen MR) is 67.6 cm³/mol. The molecule has 0 amide bonds. The molecule has 0 aliphatic heterocycles. The van der Waals surface area contributed by atoms with Gasteiger partial charge in [-0.3, -0.25) is 0 Å². The zero-order chi connectivity index (χ0) is 12.8. The second-order valence-corrected chi connectivity index (χ2v) is 4.19. The number of nitrogens with one attached hydrogen (secondary N) is 1. The highest BCUT2D eigenvalue weighted by atomic mass is 16.5. The van der Waals surface area contributed by atoms with Crippen molar-refractivity contribution in [3.63, 3.8) is 0 Å². The van der Waals surface area contributed by atoms with Gasteiger partial charge in [0.1, 0.15) is 11.5 Å². The summed E-state index contributed by atoms with van der Waals surface area (Å²) in [6, 6.07) is 5.74. The Hall–Kier alpha value is -1.26. The molecular weight excluding hydrogens is 218 g/mol. The minimum Gasteiger partial charge on any atom is -0.497 e. The monoisotopic (exact) mass is 239 g/mol. The van der Waals surface area contributed by atoms with E-state index in [0.29, 0.717) is 24.1 Å². The van der Waals surface area contributed by atoms with Gasteiger partial charge in [-0.15, -0.1) is 0 Å². The van der Waals surface area contributed by atoms with Crippen LogP contribution >= 0.6 is 0 Å². The summed E-state index contributed by atoms with van der Waals surface area (Å²) in [4.78, 5) is 0. The zero-order valence-electron chi connectivity index (χ0n) is 10.9. The smallest absolute Gasteiger partial charge is 0.124 e. The van der Waals surface area contributed by atoms with Crippen LogP contribution in [0, 0.1) is 0 Å². The van der Waals surface area contributed by atoms with Crippen LogP contribution in [0.5, 0.6) is 11.5 Å². The Kier molecular flexibility index (Phi) is 5.25. The highest BCUT2D eigenvalue weighted by molar-refractivity contribution is 5.41. The summed E-state index contributed by atoms with van der Waals surface area (Å²) in [5, 5.41) is 13.3. The number of aliphatic hydroxyl groups excluding tert-OH is 1. The van der Waals surface area contributed by atoms with Gasteiger partial charge in [0.2, 0.25) is 0 Å². The van der Waals surface area contributed by atoms with Gasteiger partial charge in [0.25, 0.3) is 0 Å². The van der Waals surface area contributed by atoms with Gasteiger partial charge in [-0.25, -0.2) is 0 Å². The Balaban J connectivity index is 2.85. The molecule has 17 heavy (non-hydrogen) atoms. The highest BCUT2D eigenvalue weighted by Crippen LogP contribution is 2.29. The molecule has 4 heteroatoms. The van der Waals surface area contributed by atoms with Gasteiger partial charge in [-0.2, -0.15) is 0 Å². The molecule has 0 aliphatic rings. The molecular formula is C13H21NO3. The molecule has 96 valence electrons. The average Bonchev–Trinajstić information content (AvgIpc) is 2.34. The molecule has 0 heterocycles. The molecule has 2 N–H and O–H groups in total. The van der Waals surface area contributed by atoms with Crippen molar-refractivity contribution in [2.45, 2.75) is 26.0 Å². The summed E-state index contributed by atoms with van der Waals surface area (Å²) >= 11 is 0. The second-order valence-electron chi connectivity index (χ2n) is 4.19. The second kappa shape index (κ2) is 6.47. The van der Waals surface area contributed by atoms with E-state index in [1.165, 1.54) is 0 Å². The van der Waals surface area contributed by atoms with Gasteiger partial charge < -0.3 is 19.9 Å². The van der Waals surface area contributed by atoms with Crippen molar-refractivity contribution < 1.29 is 14.6 Å². The molecule has 0 aromatic heterocycles. The first-order valence-corrected chi connectivity index (χ1v) is 5.71. The minimum atomic E-state index is -0.609. The van der Waals surface area contributed by atoms with E-state index in [1.807, 2.05) is 19.9 Å². The van der Waals surface area contributed by atoms with Crippen molar-refractivity contribution in [1.82, 2.24) is 5.32 Å². The van der Waals surface area contributed by atoms with Crippen LogP contribution < -0.4 is 14.8 Å². The van der Waals surface area contributed by atoms with Gasteiger partial charge >= 0.3 is 0 Å². The quantitative estimate of drug-likeness (QED) is 0.794. The zero-order valence-corrected chi connectivity index (χ0v) is 10.9. The normalized spacial score (nSPS) is 12.6. The fourth-order valence-electron chi connectivity index (χ4n) is 1.56.